The molecule has 0 saturated carbocycles. The molecule has 3 heterocycles. The number of aliphatic carboxylic acids is 1. The highest BCUT2D eigenvalue weighted by atomic mass is 19.4. The van der Waals surface area contributed by atoms with Crippen molar-refractivity contribution >= 4 is 23.2 Å². The highest BCUT2D eigenvalue weighted by molar-refractivity contribution is 5.97. The molecule has 0 aliphatic heterocycles. The zero-order chi connectivity index (χ0) is 31.7. The Morgan fingerprint density at radius 2 is 1.67 bits per heavy atom. The number of nitrogens with one attached hydrogen (secondary N) is 2. The van der Waals surface area contributed by atoms with Crippen molar-refractivity contribution in [2.24, 2.45) is 0 Å². The fourth-order valence-electron chi connectivity index (χ4n) is 4.40. The molecule has 1 aromatic carbocycles. The number of carboxylic acids is 1. The van der Waals surface area contributed by atoms with E-state index < -0.39 is 83.3 Å². The quantitative estimate of drug-likeness (QED) is 0.203. The minimum atomic E-state index is -4.74. The lowest BCUT2D eigenvalue weighted by molar-refractivity contribution is -0.143. The zero-order valence-corrected chi connectivity index (χ0v) is 21.9. The Balaban J connectivity index is 1.61. The first-order valence-corrected chi connectivity index (χ1v) is 12.4. The fraction of sp³-hybridized carbons (Fsp3) is 0.259. The van der Waals surface area contributed by atoms with Crippen molar-refractivity contribution in [2.75, 3.05) is 5.32 Å². The summed E-state index contributed by atoms with van der Waals surface area (Å²) in [4.78, 5) is 32.6. The summed E-state index contributed by atoms with van der Waals surface area (Å²) in [6, 6.07) is 1.52. The van der Waals surface area contributed by atoms with Crippen LogP contribution in [0.4, 0.5) is 40.8 Å². The van der Waals surface area contributed by atoms with Crippen molar-refractivity contribution in [1.82, 2.24) is 19.7 Å². The summed E-state index contributed by atoms with van der Waals surface area (Å²) in [5, 5.41) is 13.6. The summed E-state index contributed by atoms with van der Waals surface area (Å²) in [6.07, 6.45) is -6.67. The number of aromatic nitrogens is 3. The number of halogens is 8. The van der Waals surface area contributed by atoms with Crippen molar-refractivity contribution in [1.29, 1.82) is 0 Å². The van der Waals surface area contributed by atoms with Gasteiger partial charge < -0.3 is 20.1 Å². The predicted octanol–water partition coefficient (Wildman–Crippen LogP) is 5.87. The summed E-state index contributed by atoms with van der Waals surface area (Å²) in [7, 11) is 0. The van der Waals surface area contributed by atoms with Gasteiger partial charge in [-0.15, -0.1) is 0 Å². The van der Waals surface area contributed by atoms with E-state index >= 15 is 0 Å². The van der Waals surface area contributed by atoms with Crippen LogP contribution in [0, 0.1) is 11.6 Å². The van der Waals surface area contributed by atoms with E-state index in [1.807, 2.05) is 10.6 Å². The van der Waals surface area contributed by atoms with Crippen LogP contribution in [0.1, 0.15) is 35.0 Å². The van der Waals surface area contributed by atoms with E-state index in [0.717, 1.165) is 18.3 Å². The van der Waals surface area contributed by atoms with Crippen molar-refractivity contribution in [3.8, 4) is 11.3 Å². The number of nitrogens with zero attached hydrogens (tertiary/aromatic N) is 3. The Morgan fingerprint density at radius 1 is 1.00 bits per heavy atom. The molecule has 1 amide bonds. The topological polar surface area (TPSA) is 109 Å². The molecule has 0 spiro atoms. The van der Waals surface area contributed by atoms with E-state index in [1.165, 1.54) is 35.9 Å². The maximum Gasteiger partial charge on any atom is 0.418 e. The van der Waals surface area contributed by atoms with E-state index in [2.05, 4.69) is 9.97 Å². The SMILES string of the molecule is CCC(Nc1cc(F)c(C(=O)NC(Cc2ccc(-c3ncccc3C(F)(F)F)c3nccn23)C(=O)O)c(F)c1)C(F)(F)F. The number of benzene rings is 1. The van der Waals surface area contributed by atoms with Gasteiger partial charge in [-0.3, -0.25) is 9.78 Å². The normalized spacial score (nSPS) is 13.5. The molecule has 8 nitrogen and oxygen atoms in total. The Morgan fingerprint density at radius 3 is 2.26 bits per heavy atom. The maximum atomic E-state index is 14.7. The number of rotatable bonds is 9. The molecule has 3 N–H and O–H groups in total. The van der Waals surface area contributed by atoms with Gasteiger partial charge in [0.05, 0.1) is 11.3 Å². The molecule has 2 unspecified atom stereocenters. The first-order valence-electron chi connectivity index (χ1n) is 12.4. The Hall–Kier alpha value is -4.76. The van der Waals surface area contributed by atoms with Crippen LogP contribution in [0.5, 0.6) is 0 Å². The first kappa shape index (κ1) is 31.2. The van der Waals surface area contributed by atoms with Crippen molar-refractivity contribution in [3.05, 3.63) is 83.4 Å². The second kappa shape index (κ2) is 11.9. The van der Waals surface area contributed by atoms with Gasteiger partial charge >= 0.3 is 18.3 Å². The van der Waals surface area contributed by atoms with Crippen molar-refractivity contribution in [2.45, 2.75) is 44.2 Å². The molecule has 0 fully saturated rings. The van der Waals surface area contributed by atoms with Gasteiger partial charge in [-0.1, -0.05) is 6.92 Å². The van der Waals surface area contributed by atoms with E-state index in [1.54, 1.807) is 0 Å². The standard InChI is InChI=1S/C27H21F8N5O3/c1-2-20(27(33,34)35)38-13-10-17(28)21(18(29)11-13)24(41)39-19(25(42)43)12-14-5-6-15(23-37-8-9-40(14)23)22-16(26(30,31)32)4-3-7-36-22/h3-11,19-20,38H,2,12H2,1H3,(H,39,41)(H,42,43). The highest BCUT2D eigenvalue weighted by Gasteiger charge is 2.39. The minimum absolute atomic E-state index is 0.0124. The highest BCUT2D eigenvalue weighted by Crippen LogP contribution is 2.37. The van der Waals surface area contributed by atoms with Crippen LogP contribution in [0.25, 0.3) is 16.9 Å². The molecular formula is C27H21F8N5O3. The summed E-state index contributed by atoms with van der Waals surface area (Å²) in [5.41, 5.74) is -3.16. The van der Waals surface area contributed by atoms with Gasteiger partial charge in [0.1, 0.15) is 34.9 Å². The number of carbonyl (C=O) groups is 2. The van der Waals surface area contributed by atoms with E-state index in [9.17, 15) is 49.8 Å². The van der Waals surface area contributed by atoms with Gasteiger partial charge in [-0.2, -0.15) is 26.3 Å². The van der Waals surface area contributed by atoms with Gasteiger partial charge in [0, 0.05) is 42.0 Å². The van der Waals surface area contributed by atoms with Crippen LogP contribution < -0.4 is 10.6 Å². The lowest BCUT2D eigenvalue weighted by Gasteiger charge is -2.22. The second-order valence-electron chi connectivity index (χ2n) is 9.29. The van der Waals surface area contributed by atoms with Gasteiger partial charge in [-0.25, -0.2) is 18.6 Å². The molecule has 0 aliphatic rings. The number of carbonyl (C=O) groups excluding carboxylic acids is 1. The van der Waals surface area contributed by atoms with Crippen LogP contribution in [-0.2, 0) is 17.4 Å². The van der Waals surface area contributed by atoms with Crippen molar-refractivity contribution < 1.29 is 49.8 Å². The molecule has 2 atom stereocenters. The van der Waals surface area contributed by atoms with Crippen LogP contribution in [0.15, 0.2) is 55.0 Å². The lowest BCUT2D eigenvalue weighted by Crippen LogP contribution is -2.43. The number of fused-ring (bicyclic) bond motifs is 1. The Labute approximate surface area is 237 Å². The summed E-state index contributed by atoms with van der Waals surface area (Å²) in [6.45, 7) is 1.20. The average Bonchev–Trinajstić information content (AvgIpc) is 3.40. The number of hydrogen-bond donors (Lipinski definition) is 3. The maximum absolute atomic E-state index is 14.7. The van der Waals surface area contributed by atoms with Crippen molar-refractivity contribution in [3.63, 3.8) is 0 Å². The summed E-state index contributed by atoms with van der Waals surface area (Å²) in [5.74, 6) is -6.21. The molecule has 16 heteroatoms. The third kappa shape index (κ3) is 6.67. The number of carboxylic acid groups (broad SMARTS) is 1. The monoisotopic (exact) mass is 615 g/mol. The molecule has 4 aromatic rings. The third-order valence-corrected chi connectivity index (χ3v) is 6.43. The number of imidazole rings is 1. The minimum Gasteiger partial charge on any atom is -0.480 e. The van der Waals surface area contributed by atoms with Gasteiger partial charge in [0.15, 0.2) is 0 Å². The van der Waals surface area contributed by atoms with E-state index in [-0.39, 0.29) is 16.9 Å². The van der Waals surface area contributed by atoms with E-state index in [0.29, 0.717) is 12.1 Å². The lowest BCUT2D eigenvalue weighted by atomic mass is 10.0. The molecule has 0 aliphatic carbocycles. The summed E-state index contributed by atoms with van der Waals surface area (Å²) >= 11 is 0. The zero-order valence-electron chi connectivity index (χ0n) is 21.9. The predicted molar refractivity (Wildman–Crippen MR) is 136 cm³/mol. The second-order valence-corrected chi connectivity index (χ2v) is 9.29. The summed E-state index contributed by atoms with van der Waals surface area (Å²) < 4.78 is 111. The molecule has 3 aromatic heterocycles. The van der Waals surface area contributed by atoms with Gasteiger partial charge in [0.2, 0.25) is 0 Å². The molecular weight excluding hydrogens is 594 g/mol. The number of pyridine rings is 2. The molecule has 4 rings (SSSR count). The van der Waals surface area contributed by atoms with Gasteiger partial charge in [-0.05, 0) is 42.8 Å². The number of amides is 1. The van der Waals surface area contributed by atoms with Crippen LogP contribution in [-0.4, -0.2) is 49.6 Å². The number of anilines is 1. The molecule has 0 bridgehead atoms. The largest absolute Gasteiger partial charge is 0.480 e. The molecule has 43 heavy (non-hydrogen) atoms. The molecule has 0 radical (unpaired) electrons. The molecule has 228 valence electrons. The van der Waals surface area contributed by atoms with Crippen LogP contribution >= 0.6 is 0 Å². The smallest absolute Gasteiger partial charge is 0.418 e. The number of alkyl halides is 6. The Bertz CT molecular complexity index is 1650. The average molecular weight is 615 g/mol. The van der Waals surface area contributed by atoms with Gasteiger partial charge in [0.25, 0.3) is 5.91 Å². The van der Waals surface area contributed by atoms with Crippen LogP contribution in [0.3, 0.4) is 0 Å². The number of hydrogen-bond acceptors (Lipinski definition) is 5. The third-order valence-electron chi connectivity index (χ3n) is 6.43. The van der Waals surface area contributed by atoms with Crippen LogP contribution in [0.2, 0.25) is 0 Å². The first-order chi connectivity index (χ1) is 20.1. The molecule has 0 saturated heterocycles. The van der Waals surface area contributed by atoms with E-state index in [4.69, 9.17) is 0 Å². The fourth-order valence-corrected chi connectivity index (χ4v) is 4.40. The Kier molecular flexibility index (Phi) is 8.59.